The molecule has 0 aromatic carbocycles. The minimum Gasteiger partial charge on any atom is -0.351 e. The van der Waals surface area contributed by atoms with Gasteiger partial charge >= 0.3 is 5.69 Å². The molecule has 9 nitrogen and oxygen atoms in total. The molecule has 1 fully saturated rings. The van der Waals surface area contributed by atoms with Crippen LogP contribution in [0.15, 0.2) is 6.33 Å². The van der Waals surface area contributed by atoms with E-state index in [1.54, 1.807) is 18.1 Å². The molecule has 0 saturated carbocycles. The van der Waals surface area contributed by atoms with Crippen molar-refractivity contribution in [2.45, 2.75) is 32.1 Å². The third-order valence-electron chi connectivity index (χ3n) is 4.49. The number of aromatic nitrogens is 5. The molecule has 3 rings (SSSR count). The molecule has 1 saturated heterocycles. The quantitative estimate of drug-likeness (QED) is 0.624. The number of hydrogen-bond donors (Lipinski definition) is 0. The number of nitrogens with zero attached hydrogens (tertiary/aromatic N) is 7. The normalized spacial score (nSPS) is 16.0. The van der Waals surface area contributed by atoms with Crippen molar-refractivity contribution in [2.75, 3.05) is 18.0 Å². The zero-order valence-electron chi connectivity index (χ0n) is 13.6. The van der Waals surface area contributed by atoms with Gasteiger partial charge in [-0.15, -0.1) is 10.2 Å². The Morgan fingerprint density at radius 1 is 1.35 bits per heavy atom. The lowest BCUT2D eigenvalue weighted by atomic mass is 9.96. The number of hydrogen-bond acceptors (Lipinski definition) is 6. The van der Waals surface area contributed by atoms with Crippen LogP contribution in [-0.2, 0) is 20.5 Å². The molecule has 1 aliphatic heterocycles. The first kappa shape index (κ1) is 15.4. The summed E-state index contributed by atoms with van der Waals surface area (Å²) in [5.74, 6) is 1.94. The van der Waals surface area contributed by atoms with Crippen LogP contribution in [0.5, 0.6) is 0 Å². The van der Waals surface area contributed by atoms with Crippen LogP contribution in [-0.4, -0.2) is 42.6 Å². The first-order valence-electron chi connectivity index (χ1n) is 7.82. The van der Waals surface area contributed by atoms with Crippen molar-refractivity contribution < 1.29 is 4.92 Å². The van der Waals surface area contributed by atoms with Gasteiger partial charge in [0, 0.05) is 33.1 Å². The fraction of sp³-hybridized carbons (Fsp3) is 0.643. The lowest BCUT2D eigenvalue weighted by Gasteiger charge is -2.32. The second kappa shape index (κ2) is 5.98. The molecule has 3 heterocycles. The zero-order chi connectivity index (χ0) is 16.6. The van der Waals surface area contributed by atoms with Gasteiger partial charge in [0.2, 0.25) is 5.82 Å². The molecule has 2 aromatic heterocycles. The fourth-order valence-corrected chi connectivity index (χ4v) is 3.35. The monoisotopic (exact) mass is 319 g/mol. The summed E-state index contributed by atoms with van der Waals surface area (Å²) in [6.45, 7) is 3.39. The SMILES string of the molecule is CCc1nn(C)c(N2CCC(c3nncn3C)CC2)c1[N+](=O)[O-]. The largest absolute Gasteiger partial charge is 0.351 e. The van der Waals surface area contributed by atoms with E-state index in [2.05, 4.69) is 20.2 Å². The molecule has 0 amide bonds. The van der Waals surface area contributed by atoms with E-state index in [4.69, 9.17) is 0 Å². The summed E-state index contributed by atoms with van der Waals surface area (Å²) in [6, 6.07) is 0. The maximum atomic E-state index is 11.5. The summed E-state index contributed by atoms with van der Waals surface area (Å²) in [5.41, 5.74) is 0.690. The third-order valence-corrected chi connectivity index (χ3v) is 4.49. The highest BCUT2D eigenvalue weighted by atomic mass is 16.6. The second-order valence-corrected chi connectivity index (χ2v) is 5.91. The zero-order valence-corrected chi connectivity index (χ0v) is 13.6. The Morgan fingerprint density at radius 2 is 2.04 bits per heavy atom. The molecule has 0 spiro atoms. The van der Waals surface area contributed by atoms with E-state index in [0.29, 0.717) is 23.9 Å². The predicted molar refractivity (Wildman–Crippen MR) is 84.4 cm³/mol. The Kier molecular flexibility index (Phi) is 4.01. The van der Waals surface area contributed by atoms with Crippen LogP contribution in [0, 0.1) is 10.1 Å². The third kappa shape index (κ3) is 2.66. The minimum absolute atomic E-state index is 0.145. The highest BCUT2D eigenvalue weighted by Crippen LogP contribution is 2.35. The molecular formula is C14H21N7O2. The van der Waals surface area contributed by atoms with Gasteiger partial charge in [-0.2, -0.15) is 5.10 Å². The summed E-state index contributed by atoms with van der Waals surface area (Å²) < 4.78 is 3.58. The summed E-state index contributed by atoms with van der Waals surface area (Å²) >= 11 is 0. The Morgan fingerprint density at radius 3 is 2.57 bits per heavy atom. The van der Waals surface area contributed by atoms with Gasteiger partial charge < -0.3 is 9.47 Å². The standard InChI is InChI=1S/C14H21N7O2/c1-4-11-12(21(22)23)14(19(3)17-11)20-7-5-10(6-8-20)13-16-15-9-18(13)2/h9-10H,4-8H2,1-3H3. The lowest BCUT2D eigenvalue weighted by Crippen LogP contribution is -2.35. The fourth-order valence-electron chi connectivity index (χ4n) is 3.35. The number of aryl methyl sites for hydroxylation is 3. The topological polar surface area (TPSA) is 94.9 Å². The molecule has 1 aliphatic rings. The van der Waals surface area contributed by atoms with Crippen LogP contribution in [0.3, 0.4) is 0 Å². The average molecular weight is 319 g/mol. The first-order chi connectivity index (χ1) is 11.0. The molecular weight excluding hydrogens is 298 g/mol. The molecule has 0 N–H and O–H groups in total. The van der Waals surface area contributed by atoms with E-state index in [-0.39, 0.29) is 10.6 Å². The van der Waals surface area contributed by atoms with Crippen LogP contribution >= 0.6 is 0 Å². The van der Waals surface area contributed by atoms with E-state index in [9.17, 15) is 10.1 Å². The molecule has 0 bridgehead atoms. The van der Waals surface area contributed by atoms with Gasteiger partial charge in [0.25, 0.3) is 0 Å². The maximum Gasteiger partial charge on any atom is 0.334 e. The number of nitro groups is 1. The van der Waals surface area contributed by atoms with E-state index in [1.807, 2.05) is 18.5 Å². The van der Waals surface area contributed by atoms with Crippen molar-refractivity contribution in [3.63, 3.8) is 0 Å². The number of piperidine rings is 1. The van der Waals surface area contributed by atoms with Gasteiger partial charge in [-0.05, 0) is 19.3 Å². The van der Waals surface area contributed by atoms with Gasteiger partial charge in [0.15, 0.2) is 0 Å². The Labute approximate surface area is 134 Å². The molecule has 124 valence electrons. The van der Waals surface area contributed by atoms with Gasteiger partial charge in [0.05, 0.1) is 4.92 Å². The van der Waals surface area contributed by atoms with Gasteiger partial charge in [-0.3, -0.25) is 10.1 Å². The highest BCUT2D eigenvalue weighted by molar-refractivity contribution is 5.61. The summed E-state index contributed by atoms with van der Waals surface area (Å²) in [6.07, 6.45) is 4.06. The molecule has 0 atom stereocenters. The Hall–Kier alpha value is -2.45. The van der Waals surface area contributed by atoms with Crippen LogP contribution in [0.4, 0.5) is 11.5 Å². The van der Waals surface area contributed by atoms with E-state index < -0.39 is 0 Å². The molecule has 0 aliphatic carbocycles. The van der Waals surface area contributed by atoms with Gasteiger partial charge in [-0.25, -0.2) is 4.68 Å². The van der Waals surface area contributed by atoms with Crippen molar-refractivity contribution in [1.82, 2.24) is 24.5 Å². The van der Waals surface area contributed by atoms with Crippen molar-refractivity contribution >= 4 is 11.5 Å². The summed E-state index contributed by atoms with van der Waals surface area (Å²) in [7, 11) is 3.72. The van der Waals surface area contributed by atoms with Crippen molar-refractivity contribution in [3.8, 4) is 0 Å². The van der Waals surface area contributed by atoms with E-state index in [1.165, 1.54) is 0 Å². The van der Waals surface area contributed by atoms with Crippen molar-refractivity contribution in [3.05, 3.63) is 28.0 Å². The smallest absolute Gasteiger partial charge is 0.334 e. The first-order valence-corrected chi connectivity index (χ1v) is 7.82. The Balaban J connectivity index is 1.82. The van der Waals surface area contributed by atoms with E-state index in [0.717, 1.165) is 31.8 Å². The predicted octanol–water partition coefficient (Wildman–Crippen LogP) is 1.40. The molecule has 0 unspecified atom stereocenters. The summed E-state index contributed by atoms with van der Waals surface area (Å²) in [5, 5.41) is 23.9. The molecule has 9 heteroatoms. The van der Waals surface area contributed by atoms with Crippen molar-refractivity contribution in [1.29, 1.82) is 0 Å². The molecule has 2 aromatic rings. The van der Waals surface area contributed by atoms with Crippen LogP contribution in [0.1, 0.15) is 37.2 Å². The number of anilines is 1. The van der Waals surface area contributed by atoms with Crippen molar-refractivity contribution in [2.24, 2.45) is 14.1 Å². The minimum atomic E-state index is -0.310. The van der Waals surface area contributed by atoms with Gasteiger partial charge in [0.1, 0.15) is 17.8 Å². The molecule has 23 heavy (non-hydrogen) atoms. The van der Waals surface area contributed by atoms with E-state index >= 15 is 0 Å². The average Bonchev–Trinajstić information content (AvgIpc) is 3.10. The van der Waals surface area contributed by atoms with Crippen LogP contribution < -0.4 is 4.90 Å². The number of rotatable bonds is 4. The van der Waals surface area contributed by atoms with Crippen LogP contribution in [0.2, 0.25) is 0 Å². The highest BCUT2D eigenvalue weighted by Gasteiger charge is 2.32. The van der Waals surface area contributed by atoms with Crippen LogP contribution in [0.25, 0.3) is 0 Å². The van der Waals surface area contributed by atoms with Gasteiger partial charge in [-0.1, -0.05) is 6.92 Å². The molecule has 0 radical (unpaired) electrons. The summed E-state index contributed by atoms with van der Waals surface area (Å²) in [4.78, 5) is 13.2. The second-order valence-electron chi connectivity index (χ2n) is 5.91. The lowest BCUT2D eigenvalue weighted by molar-refractivity contribution is -0.384. The maximum absolute atomic E-state index is 11.5. The Bertz CT molecular complexity index is 713.